The molecule has 0 saturated heterocycles. The first-order chi connectivity index (χ1) is 10.5. The highest BCUT2D eigenvalue weighted by atomic mass is 19.1. The smallest absolute Gasteiger partial charge is 0.254 e. The summed E-state index contributed by atoms with van der Waals surface area (Å²) in [4.78, 5) is 23.8. The Kier molecular flexibility index (Phi) is 4.93. The number of benzene rings is 1. The van der Waals surface area contributed by atoms with E-state index in [9.17, 15) is 14.0 Å². The molecule has 0 aliphatic heterocycles. The van der Waals surface area contributed by atoms with E-state index in [4.69, 9.17) is 4.74 Å². The SMILES string of the molecule is COc1cc(C)n(CCNC(=O)c2cccc(F)c2)c(=O)c1. The van der Waals surface area contributed by atoms with Crippen molar-refractivity contribution >= 4 is 5.91 Å². The number of methoxy groups -OCH3 is 1. The number of pyridine rings is 1. The van der Waals surface area contributed by atoms with Crippen LogP contribution in [-0.4, -0.2) is 24.1 Å². The maximum atomic E-state index is 13.1. The minimum absolute atomic E-state index is 0.197. The van der Waals surface area contributed by atoms with Crippen LogP contribution in [0.4, 0.5) is 4.39 Å². The molecule has 22 heavy (non-hydrogen) atoms. The number of aromatic nitrogens is 1. The largest absolute Gasteiger partial charge is 0.496 e. The van der Waals surface area contributed by atoms with Gasteiger partial charge in [0.05, 0.1) is 7.11 Å². The van der Waals surface area contributed by atoms with Gasteiger partial charge in [-0.15, -0.1) is 0 Å². The Balaban J connectivity index is 2.00. The van der Waals surface area contributed by atoms with Crippen molar-refractivity contribution in [1.82, 2.24) is 9.88 Å². The van der Waals surface area contributed by atoms with Crippen molar-refractivity contribution < 1.29 is 13.9 Å². The number of nitrogens with one attached hydrogen (secondary N) is 1. The third-order valence-electron chi connectivity index (χ3n) is 3.25. The molecule has 0 saturated carbocycles. The summed E-state index contributed by atoms with van der Waals surface area (Å²) in [6, 6.07) is 8.58. The lowest BCUT2D eigenvalue weighted by atomic mass is 10.2. The predicted octanol–water partition coefficient (Wildman–Crippen LogP) is 1.73. The molecule has 0 fully saturated rings. The third-order valence-corrected chi connectivity index (χ3v) is 3.25. The van der Waals surface area contributed by atoms with Crippen LogP contribution in [0.3, 0.4) is 0 Å². The van der Waals surface area contributed by atoms with Gasteiger partial charge in [-0.05, 0) is 31.2 Å². The number of halogens is 1. The molecule has 2 rings (SSSR count). The summed E-state index contributed by atoms with van der Waals surface area (Å²) in [6.07, 6.45) is 0. The Morgan fingerprint density at radius 2 is 2.09 bits per heavy atom. The molecule has 0 spiro atoms. The van der Waals surface area contributed by atoms with Gasteiger partial charge >= 0.3 is 0 Å². The second-order valence-electron chi connectivity index (χ2n) is 4.79. The van der Waals surface area contributed by atoms with Crippen molar-refractivity contribution in [1.29, 1.82) is 0 Å². The van der Waals surface area contributed by atoms with Crippen molar-refractivity contribution in [2.75, 3.05) is 13.7 Å². The summed E-state index contributed by atoms with van der Waals surface area (Å²) < 4.78 is 19.6. The number of hydrogen-bond donors (Lipinski definition) is 1. The van der Waals surface area contributed by atoms with E-state index in [1.807, 2.05) is 0 Å². The lowest BCUT2D eigenvalue weighted by molar-refractivity contribution is 0.0951. The molecule has 1 amide bonds. The summed E-state index contributed by atoms with van der Waals surface area (Å²) in [5.74, 6) is -0.337. The summed E-state index contributed by atoms with van der Waals surface area (Å²) >= 11 is 0. The predicted molar refractivity (Wildman–Crippen MR) is 80.7 cm³/mol. The zero-order valence-corrected chi connectivity index (χ0v) is 12.4. The van der Waals surface area contributed by atoms with Crippen LogP contribution in [0.1, 0.15) is 16.1 Å². The minimum atomic E-state index is -0.463. The Morgan fingerprint density at radius 3 is 2.73 bits per heavy atom. The Labute approximate surface area is 127 Å². The first-order valence-corrected chi connectivity index (χ1v) is 6.80. The number of aryl methyl sites for hydroxylation is 1. The topological polar surface area (TPSA) is 60.3 Å². The van der Waals surface area contributed by atoms with Gasteiger partial charge in [-0.25, -0.2) is 4.39 Å². The number of carbonyl (C=O) groups excluding carboxylic acids is 1. The zero-order chi connectivity index (χ0) is 16.1. The first kappa shape index (κ1) is 15.8. The Bertz CT molecular complexity index is 740. The number of nitrogens with zero attached hydrogens (tertiary/aromatic N) is 1. The molecular weight excluding hydrogens is 287 g/mol. The molecule has 1 N–H and O–H groups in total. The molecule has 116 valence electrons. The first-order valence-electron chi connectivity index (χ1n) is 6.80. The normalized spacial score (nSPS) is 10.3. The fourth-order valence-corrected chi connectivity index (χ4v) is 2.12. The van der Waals surface area contributed by atoms with E-state index in [1.165, 1.54) is 42.0 Å². The molecule has 1 heterocycles. The lowest BCUT2D eigenvalue weighted by Gasteiger charge is -2.12. The van der Waals surface area contributed by atoms with Crippen molar-refractivity contribution in [3.63, 3.8) is 0 Å². The summed E-state index contributed by atoms with van der Waals surface area (Å²) in [7, 11) is 1.50. The van der Waals surface area contributed by atoms with Gasteiger partial charge in [0.1, 0.15) is 11.6 Å². The number of amides is 1. The van der Waals surface area contributed by atoms with Crippen molar-refractivity contribution in [3.8, 4) is 5.75 Å². The molecule has 0 atom stereocenters. The molecule has 2 aromatic rings. The van der Waals surface area contributed by atoms with E-state index < -0.39 is 5.82 Å². The molecule has 5 nitrogen and oxygen atoms in total. The van der Waals surface area contributed by atoms with Gasteiger partial charge in [0, 0.05) is 30.4 Å². The molecule has 0 radical (unpaired) electrons. The van der Waals surface area contributed by atoms with Gasteiger partial charge in [-0.1, -0.05) is 6.07 Å². The van der Waals surface area contributed by atoms with Crippen molar-refractivity contribution in [2.45, 2.75) is 13.5 Å². The quantitative estimate of drug-likeness (QED) is 0.915. The fraction of sp³-hybridized carbons (Fsp3) is 0.250. The second kappa shape index (κ2) is 6.89. The van der Waals surface area contributed by atoms with Gasteiger partial charge in [-0.2, -0.15) is 0 Å². The number of carbonyl (C=O) groups is 1. The Hall–Kier alpha value is -2.63. The van der Waals surface area contributed by atoms with Gasteiger partial charge in [-0.3, -0.25) is 9.59 Å². The van der Waals surface area contributed by atoms with Gasteiger partial charge < -0.3 is 14.6 Å². The second-order valence-corrected chi connectivity index (χ2v) is 4.79. The molecule has 0 bridgehead atoms. The summed E-state index contributed by atoms with van der Waals surface area (Å²) in [6.45, 7) is 2.39. The van der Waals surface area contributed by atoms with E-state index in [2.05, 4.69) is 5.32 Å². The van der Waals surface area contributed by atoms with Gasteiger partial charge in [0.25, 0.3) is 11.5 Å². The minimum Gasteiger partial charge on any atom is -0.496 e. The van der Waals surface area contributed by atoms with E-state index >= 15 is 0 Å². The van der Waals surface area contributed by atoms with E-state index in [0.717, 1.165) is 5.69 Å². The monoisotopic (exact) mass is 304 g/mol. The highest BCUT2D eigenvalue weighted by molar-refractivity contribution is 5.94. The van der Waals surface area contributed by atoms with Crippen LogP contribution < -0.4 is 15.6 Å². The summed E-state index contributed by atoms with van der Waals surface area (Å²) in [5, 5.41) is 2.66. The average molecular weight is 304 g/mol. The molecule has 0 aliphatic carbocycles. The van der Waals surface area contributed by atoms with Crippen LogP contribution in [0.25, 0.3) is 0 Å². The number of hydrogen-bond acceptors (Lipinski definition) is 3. The van der Waals surface area contributed by atoms with Crippen molar-refractivity contribution in [3.05, 3.63) is 63.8 Å². The Morgan fingerprint density at radius 1 is 1.32 bits per heavy atom. The fourth-order valence-electron chi connectivity index (χ4n) is 2.12. The maximum Gasteiger partial charge on any atom is 0.254 e. The van der Waals surface area contributed by atoms with Crippen molar-refractivity contribution in [2.24, 2.45) is 0 Å². The van der Waals surface area contributed by atoms with Crippen LogP contribution in [0.5, 0.6) is 5.75 Å². The van der Waals surface area contributed by atoms with E-state index in [0.29, 0.717) is 12.3 Å². The third kappa shape index (κ3) is 3.72. The lowest BCUT2D eigenvalue weighted by Crippen LogP contribution is -2.31. The molecule has 6 heteroatoms. The van der Waals surface area contributed by atoms with Crippen LogP contribution in [0, 0.1) is 12.7 Å². The van der Waals surface area contributed by atoms with E-state index in [-0.39, 0.29) is 23.6 Å². The molecule has 1 aromatic carbocycles. The highest BCUT2D eigenvalue weighted by Gasteiger charge is 2.07. The maximum absolute atomic E-state index is 13.1. The molecule has 0 unspecified atom stereocenters. The number of ether oxygens (including phenoxy) is 1. The summed E-state index contributed by atoms with van der Waals surface area (Å²) in [5.41, 5.74) is 0.792. The molecule has 0 aliphatic rings. The van der Waals surface area contributed by atoms with Crippen LogP contribution in [0.2, 0.25) is 0 Å². The van der Waals surface area contributed by atoms with Crippen LogP contribution >= 0.6 is 0 Å². The average Bonchev–Trinajstić information content (AvgIpc) is 2.49. The van der Waals surface area contributed by atoms with Gasteiger partial charge in [0.15, 0.2) is 0 Å². The van der Waals surface area contributed by atoms with Crippen LogP contribution in [-0.2, 0) is 6.54 Å². The molecular formula is C16H17FN2O3. The zero-order valence-electron chi connectivity index (χ0n) is 12.4. The van der Waals surface area contributed by atoms with Crippen LogP contribution in [0.15, 0.2) is 41.2 Å². The highest BCUT2D eigenvalue weighted by Crippen LogP contribution is 2.08. The van der Waals surface area contributed by atoms with E-state index in [1.54, 1.807) is 13.0 Å². The van der Waals surface area contributed by atoms with Gasteiger partial charge in [0.2, 0.25) is 0 Å². The number of rotatable bonds is 5. The molecule has 1 aromatic heterocycles. The standard InChI is InChI=1S/C16H17FN2O3/c1-11-8-14(22-2)10-15(20)19(11)7-6-18-16(21)12-4-3-5-13(17)9-12/h3-5,8-10H,6-7H2,1-2H3,(H,18,21).